The van der Waals surface area contributed by atoms with Crippen molar-refractivity contribution in [1.29, 1.82) is 0 Å². The first-order valence-electron chi connectivity index (χ1n) is 7.54. The summed E-state index contributed by atoms with van der Waals surface area (Å²) in [7, 11) is 0. The summed E-state index contributed by atoms with van der Waals surface area (Å²) < 4.78 is 41.3. The molecule has 24 heavy (non-hydrogen) atoms. The van der Waals surface area contributed by atoms with Crippen molar-refractivity contribution in [2.45, 2.75) is 13.8 Å². The van der Waals surface area contributed by atoms with Gasteiger partial charge in [-0.2, -0.15) is 0 Å². The van der Waals surface area contributed by atoms with Gasteiger partial charge in [-0.15, -0.1) is 0 Å². The molecule has 3 aromatic rings. The maximum Gasteiger partial charge on any atom is 0.131 e. The molecule has 0 amide bonds. The van der Waals surface area contributed by atoms with E-state index in [-0.39, 0.29) is 11.4 Å². The number of nitrogens with zero attached hydrogens (tertiary/aromatic N) is 1. The van der Waals surface area contributed by atoms with Gasteiger partial charge in [0, 0.05) is 16.9 Å². The maximum atomic E-state index is 14.0. The van der Waals surface area contributed by atoms with Gasteiger partial charge in [0.1, 0.15) is 17.5 Å². The van der Waals surface area contributed by atoms with E-state index in [0.717, 1.165) is 11.3 Å². The molecule has 0 unspecified atom stereocenters. The first-order valence-corrected chi connectivity index (χ1v) is 7.54. The Morgan fingerprint density at radius 3 is 1.58 bits per heavy atom. The highest BCUT2D eigenvalue weighted by molar-refractivity contribution is 5.76. The summed E-state index contributed by atoms with van der Waals surface area (Å²) >= 11 is 0. The van der Waals surface area contributed by atoms with Gasteiger partial charge in [0.05, 0.1) is 5.69 Å². The zero-order valence-electron chi connectivity index (χ0n) is 13.4. The molecular formula is C20H16F3N. The maximum absolute atomic E-state index is 14.0. The number of hydrogen-bond donors (Lipinski definition) is 0. The van der Waals surface area contributed by atoms with E-state index in [4.69, 9.17) is 0 Å². The topological polar surface area (TPSA) is 3.24 Å². The molecule has 0 saturated carbocycles. The van der Waals surface area contributed by atoms with Crippen molar-refractivity contribution >= 4 is 17.1 Å². The lowest BCUT2D eigenvalue weighted by Crippen LogP contribution is -2.11. The van der Waals surface area contributed by atoms with Gasteiger partial charge < -0.3 is 4.90 Å². The number of anilines is 3. The van der Waals surface area contributed by atoms with Gasteiger partial charge in [0.25, 0.3) is 0 Å². The van der Waals surface area contributed by atoms with Crippen LogP contribution >= 0.6 is 0 Å². The van der Waals surface area contributed by atoms with E-state index in [1.54, 1.807) is 17.0 Å². The van der Waals surface area contributed by atoms with Crippen LogP contribution in [0.5, 0.6) is 0 Å². The van der Waals surface area contributed by atoms with Gasteiger partial charge >= 0.3 is 0 Å². The fraction of sp³-hybridized carbons (Fsp3) is 0.100. The normalized spacial score (nSPS) is 10.7. The van der Waals surface area contributed by atoms with Crippen molar-refractivity contribution in [3.05, 3.63) is 89.2 Å². The Morgan fingerprint density at radius 1 is 0.625 bits per heavy atom. The summed E-state index contributed by atoms with van der Waals surface area (Å²) in [6.45, 7) is 3.35. The average Bonchev–Trinajstić information content (AvgIpc) is 2.56. The molecule has 0 spiro atoms. The number of rotatable bonds is 3. The van der Waals surface area contributed by atoms with Crippen molar-refractivity contribution in [2.24, 2.45) is 0 Å². The van der Waals surface area contributed by atoms with Crippen LogP contribution in [0.15, 0.2) is 60.7 Å². The lowest BCUT2D eigenvalue weighted by molar-refractivity contribution is 0.568. The molecule has 4 heteroatoms. The Hall–Kier alpha value is -2.75. The molecule has 122 valence electrons. The van der Waals surface area contributed by atoms with Crippen molar-refractivity contribution < 1.29 is 13.2 Å². The van der Waals surface area contributed by atoms with E-state index in [1.807, 2.05) is 31.2 Å². The second-order valence-corrected chi connectivity index (χ2v) is 5.68. The minimum absolute atomic E-state index is 0.0262. The molecule has 0 aliphatic rings. The zero-order chi connectivity index (χ0) is 17.3. The first-order chi connectivity index (χ1) is 11.5. The van der Waals surface area contributed by atoms with E-state index in [9.17, 15) is 13.2 Å². The largest absolute Gasteiger partial charge is 0.310 e. The molecule has 0 aliphatic heterocycles. The molecule has 0 fully saturated rings. The third-order valence-corrected chi connectivity index (χ3v) is 3.90. The van der Waals surface area contributed by atoms with Gasteiger partial charge in [-0.25, -0.2) is 13.2 Å². The highest BCUT2D eigenvalue weighted by Gasteiger charge is 2.16. The smallest absolute Gasteiger partial charge is 0.131 e. The quantitative estimate of drug-likeness (QED) is 0.554. The summed E-state index contributed by atoms with van der Waals surface area (Å²) in [6, 6.07) is 15.9. The molecule has 0 N–H and O–H groups in total. The fourth-order valence-corrected chi connectivity index (χ4v) is 2.49. The highest BCUT2D eigenvalue weighted by Crippen LogP contribution is 2.36. The molecule has 0 radical (unpaired) electrons. The number of benzene rings is 3. The van der Waals surface area contributed by atoms with Crippen molar-refractivity contribution in [3.63, 3.8) is 0 Å². The van der Waals surface area contributed by atoms with Gasteiger partial charge in [0.15, 0.2) is 0 Å². The van der Waals surface area contributed by atoms with E-state index < -0.39 is 11.6 Å². The van der Waals surface area contributed by atoms with E-state index in [1.165, 1.54) is 31.2 Å². The Labute approximate surface area is 139 Å². The number of hydrogen-bond acceptors (Lipinski definition) is 1. The van der Waals surface area contributed by atoms with E-state index in [0.29, 0.717) is 11.4 Å². The minimum Gasteiger partial charge on any atom is -0.310 e. The van der Waals surface area contributed by atoms with Crippen LogP contribution in [0.25, 0.3) is 0 Å². The fourth-order valence-electron chi connectivity index (χ4n) is 2.49. The predicted octanol–water partition coefficient (Wildman–Crippen LogP) is 6.19. The standard InChI is InChI=1S/C20H16F3N/c1-13-3-7-16(8-4-13)24(17-9-5-15(21)6-10-17)18-11-19(22)14(2)20(23)12-18/h3-12H,1-2H3. The third kappa shape index (κ3) is 3.13. The SMILES string of the molecule is Cc1ccc(N(c2ccc(F)cc2)c2cc(F)c(C)c(F)c2)cc1. The third-order valence-electron chi connectivity index (χ3n) is 3.90. The van der Waals surface area contributed by atoms with Crippen LogP contribution in [-0.4, -0.2) is 0 Å². The average molecular weight is 327 g/mol. The Morgan fingerprint density at radius 2 is 1.08 bits per heavy atom. The van der Waals surface area contributed by atoms with Crippen LogP contribution in [0.1, 0.15) is 11.1 Å². The van der Waals surface area contributed by atoms with Crippen molar-refractivity contribution in [1.82, 2.24) is 0 Å². The molecule has 0 bridgehead atoms. The number of aryl methyl sites for hydroxylation is 1. The Balaban J connectivity index is 2.18. The Kier molecular flexibility index (Phi) is 4.30. The monoisotopic (exact) mass is 327 g/mol. The van der Waals surface area contributed by atoms with Crippen LogP contribution in [0.4, 0.5) is 30.2 Å². The van der Waals surface area contributed by atoms with Gasteiger partial charge in [-0.3, -0.25) is 0 Å². The van der Waals surface area contributed by atoms with Crippen LogP contribution in [0, 0.1) is 31.3 Å². The second-order valence-electron chi connectivity index (χ2n) is 5.68. The molecule has 0 heterocycles. The molecule has 0 aromatic heterocycles. The molecule has 3 aromatic carbocycles. The lowest BCUT2D eigenvalue weighted by Gasteiger charge is -2.26. The zero-order valence-corrected chi connectivity index (χ0v) is 13.4. The summed E-state index contributed by atoms with van der Waals surface area (Å²) in [5.41, 5.74) is 2.73. The summed E-state index contributed by atoms with van der Waals surface area (Å²) in [5.74, 6) is -1.61. The second kappa shape index (κ2) is 6.40. The summed E-state index contributed by atoms with van der Waals surface area (Å²) in [5, 5.41) is 0. The summed E-state index contributed by atoms with van der Waals surface area (Å²) in [6.07, 6.45) is 0. The molecular weight excluding hydrogens is 311 g/mol. The molecule has 3 rings (SSSR count). The van der Waals surface area contributed by atoms with Crippen LogP contribution in [0.3, 0.4) is 0 Å². The minimum atomic E-state index is -0.621. The summed E-state index contributed by atoms with van der Waals surface area (Å²) in [4.78, 5) is 1.68. The predicted molar refractivity (Wildman–Crippen MR) is 90.5 cm³/mol. The highest BCUT2D eigenvalue weighted by atomic mass is 19.1. The first kappa shape index (κ1) is 16.1. The van der Waals surface area contributed by atoms with Crippen LogP contribution in [0.2, 0.25) is 0 Å². The molecule has 1 nitrogen and oxygen atoms in total. The van der Waals surface area contributed by atoms with E-state index in [2.05, 4.69) is 0 Å². The van der Waals surface area contributed by atoms with Crippen molar-refractivity contribution in [2.75, 3.05) is 4.90 Å². The van der Waals surface area contributed by atoms with E-state index >= 15 is 0 Å². The van der Waals surface area contributed by atoms with Gasteiger partial charge in [-0.05, 0) is 62.4 Å². The van der Waals surface area contributed by atoms with Gasteiger partial charge in [0.2, 0.25) is 0 Å². The molecule has 0 atom stereocenters. The van der Waals surface area contributed by atoms with Crippen molar-refractivity contribution in [3.8, 4) is 0 Å². The molecule has 0 aliphatic carbocycles. The lowest BCUT2D eigenvalue weighted by atomic mass is 10.1. The van der Waals surface area contributed by atoms with Gasteiger partial charge in [-0.1, -0.05) is 17.7 Å². The van der Waals surface area contributed by atoms with Crippen LogP contribution in [-0.2, 0) is 0 Å². The molecule has 0 saturated heterocycles. The van der Waals surface area contributed by atoms with Crippen LogP contribution < -0.4 is 4.90 Å². The number of halogens is 3. The Bertz CT molecular complexity index is 787.